The van der Waals surface area contributed by atoms with Crippen LogP contribution in [0.4, 0.5) is 0 Å². The van der Waals surface area contributed by atoms with Crippen LogP contribution in [0.15, 0.2) is 12.1 Å². The van der Waals surface area contributed by atoms with Crippen molar-refractivity contribution in [2.75, 3.05) is 0 Å². The van der Waals surface area contributed by atoms with Crippen molar-refractivity contribution in [3.05, 3.63) is 23.3 Å². The lowest BCUT2D eigenvalue weighted by molar-refractivity contribution is 0.270. The monoisotopic (exact) mass is 334 g/mol. The predicted octanol–water partition coefficient (Wildman–Crippen LogP) is 6.53. The Kier molecular flexibility index (Phi) is 5.46. The Morgan fingerprint density at radius 3 is 1.04 bits per heavy atom. The molecule has 24 heavy (non-hydrogen) atoms. The molecule has 0 aromatic heterocycles. The largest absolute Gasteiger partial charge is 0.508 e. The number of phenols is 2. The van der Waals surface area contributed by atoms with Gasteiger partial charge in [-0.25, -0.2) is 0 Å². The Bertz CT molecular complexity index is 527. The van der Waals surface area contributed by atoms with Gasteiger partial charge in [-0.05, 0) is 46.6 Å². The zero-order valence-electron chi connectivity index (χ0n) is 17.5. The fourth-order valence-electron chi connectivity index (χ4n) is 4.50. The molecule has 0 radical (unpaired) electrons. The molecule has 0 heterocycles. The van der Waals surface area contributed by atoms with Gasteiger partial charge in [0.15, 0.2) is 0 Å². The van der Waals surface area contributed by atoms with E-state index in [1.165, 1.54) is 0 Å². The highest BCUT2D eigenvalue weighted by atomic mass is 16.3. The molecule has 0 bridgehead atoms. The van der Waals surface area contributed by atoms with Crippen LogP contribution in [0.3, 0.4) is 0 Å². The number of aromatic hydroxyl groups is 2. The first kappa shape index (κ1) is 20.9. The Hall–Kier alpha value is -1.18. The van der Waals surface area contributed by atoms with E-state index in [0.29, 0.717) is 11.5 Å². The van der Waals surface area contributed by atoms with E-state index in [-0.39, 0.29) is 21.7 Å². The van der Waals surface area contributed by atoms with Crippen LogP contribution in [-0.2, 0) is 10.8 Å². The number of phenolic OH excluding ortho intramolecular Hbond substituents is 2. The van der Waals surface area contributed by atoms with Gasteiger partial charge in [0, 0.05) is 11.1 Å². The fourth-order valence-corrected chi connectivity index (χ4v) is 4.50. The van der Waals surface area contributed by atoms with Crippen molar-refractivity contribution in [3.63, 3.8) is 0 Å². The van der Waals surface area contributed by atoms with Gasteiger partial charge in [-0.2, -0.15) is 0 Å². The molecular formula is C22H38O2. The van der Waals surface area contributed by atoms with Crippen LogP contribution in [0.1, 0.15) is 93.2 Å². The normalized spacial score (nSPS) is 14.1. The van der Waals surface area contributed by atoms with Crippen LogP contribution in [0, 0.1) is 10.8 Å². The summed E-state index contributed by atoms with van der Waals surface area (Å²) in [5.74, 6) is 0.582. The molecule has 0 amide bonds. The third-order valence-corrected chi connectivity index (χ3v) is 4.52. The summed E-state index contributed by atoms with van der Waals surface area (Å²) >= 11 is 0. The van der Waals surface area contributed by atoms with Gasteiger partial charge in [0.05, 0.1) is 0 Å². The topological polar surface area (TPSA) is 40.5 Å². The van der Waals surface area contributed by atoms with Crippen LogP contribution in [0.2, 0.25) is 0 Å². The van der Waals surface area contributed by atoms with Crippen LogP contribution in [-0.4, -0.2) is 10.2 Å². The first-order valence-electron chi connectivity index (χ1n) is 9.02. The van der Waals surface area contributed by atoms with Crippen molar-refractivity contribution in [2.24, 2.45) is 10.8 Å². The zero-order chi connectivity index (χ0) is 19.1. The molecule has 1 aromatic carbocycles. The molecule has 138 valence electrons. The highest BCUT2D eigenvalue weighted by Crippen LogP contribution is 2.46. The van der Waals surface area contributed by atoms with Crippen LogP contribution in [0.5, 0.6) is 11.5 Å². The molecule has 0 atom stereocenters. The molecule has 0 saturated carbocycles. The van der Waals surface area contributed by atoms with E-state index in [9.17, 15) is 10.2 Å². The molecule has 0 aliphatic carbocycles. The highest BCUT2D eigenvalue weighted by Gasteiger charge is 2.34. The smallest absolute Gasteiger partial charge is 0.119 e. The first-order chi connectivity index (χ1) is 10.4. The van der Waals surface area contributed by atoms with Crippen molar-refractivity contribution in [2.45, 2.75) is 92.9 Å². The number of rotatable bonds is 4. The van der Waals surface area contributed by atoms with Gasteiger partial charge in [0.25, 0.3) is 0 Å². The molecule has 0 aliphatic rings. The summed E-state index contributed by atoms with van der Waals surface area (Å²) in [4.78, 5) is 0. The average molecular weight is 335 g/mol. The third kappa shape index (κ3) is 5.43. The van der Waals surface area contributed by atoms with E-state index < -0.39 is 0 Å². The minimum absolute atomic E-state index is 0.149. The highest BCUT2D eigenvalue weighted by molar-refractivity contribution is 5.50. The van der Waals surface area contributed by atoms with E-state index >= 15 is 0 Å². The molecule has 2 heteroatoms. The molecule has 0 unspecified atom stereocenters. The minimum Gasteiger partial charge on any atom is -0.508 e. The summed E-state index contributed by atoms with van der Waals surface area (Å²) in [6.45, 7) is 21.7. The molecule has 1 aromatic rings. The zero-order valence-corrected chi connectivity index (χ0v) is 17.5. The first-order valence-corrected chi connectivity index (χ1v) is 9.02. The summed E-state index contributed by atoms with van der Waals surface area (Å²) in [5, 5.41) is 21.4. The molecular weight excluding hydrogens is 296 g/mol. The Balaban J connectivity index is 3.33. The molecule has 0 spiro atoms. The van der Waals surface area contributed by atoms with Crippen LogP contribution in [0.25, 0.3) is 0 Å². The Morgan fingerprint density at radius 1 is 0.583 bits per heavy atom. The van der Waals surface area contributed by atoms with Gasteiger partial charge >= 0.3 is 0 Å². The third-order valence-electron chi connectivity index (χ3n) is 4.52. The van der Waals surface area contributed by atoms with Crippen molar-refractivity contribution < 1.29 is 10.2 Å². The van der Waals surface area contributed by atoms with Gasteiger partial charge in [-0.1, -0.05) is 69.2 Å². The molecule has 1 rings (SSSR count). The molecule has 0 fully saturated rings. The second-order valence-electron chi connectivity index (χ2n) is 11.1. The van der Waals surface area contributed by atoms with Gasteiger partial charge in [-0.15, -0.1) is 0 Å². The maximum absolute atomic E-state index is 10.7. The second kappa shape index (κ2) is 6.28. The summed E-state index contributed by atoms with van der Waals surface area (Å²) in [6.07, 6.45) is 1.86. The Labute approximate surface area is 149 Å². The van der Waals surface area contributed by atoms with E-state index in [1.54, 1.807) is 12.1 Å². The maximum Gasteiger partial charge on any atom is 0.119 e. The van der Waals surface area contributed by atoms with Gasteiger partial charge < -0.3 is 10.2 Å². The van der Waals surface area contributed by atoms with Crippen molar-refractivity contribution in [1.29, 1.82) is 0 Å². The maximum atomic E-state index is 10.7. The van der Waals surface area contributed by atoms with Crippen LogP contribution < -0.4 is 0 Å². The number of hydrogen-bond donors (Lipinski definition) is 2. The number of benzene rings is 1. The average Bonchev–Trinajstić information content (AvgIpc) is 2.24. The lowest BCUT2D eigenvalue weighted by atomic mass is 9.69. The number of hydrogen-bond acceptors (Lipinski definition) is 2. The summed E-state index contributed by atoms with van der Waals surface area (Å²) in [7, 11) is 0. The van der Waals surface area contributed by atoms with E-state index in [0.717, 1.165) is 24.0 Å². The molecule has 0 aliphatic heterocycles. The van der Waals surface area contributed by atoms with E-state index in [1.807, 2.05) is 0 Å². The SMILES string of the molecule is CC(C)(C)CC(C)(C)c1cc(O)c(C(C)(C)CC(C)(C)C)cc1O. The van der Waals surface area contributed by atoms with Crippen molar-refractivity contribution in [1.82, 2.24) is 0 Å². The lowest BCUT2D eigenvalue weighted by Gasteiger charge is -2.36. The van der Waals surface area contributed by atoms with Crippen molar-refractivity contribution in [3.8, 4) is 11.5 Å². The van der Waals surface area contributed by atoms with Crippen molar-refractivity contribution >= 4 is 0 Å². The van der Waals surface area contributed by atoms with E-state index in [4.69, 9.17) is 0 Å². The van der Waals surface area contributed by atoms with Gasteiger partial charge in [0.2, 0.25) is 0 Å². The Morgan fingerprint density at radius 2 is 0.833 bits per heavy atom. The summed E-state index contributed by atoms with van der Waals surface area (Å²) < 4.78 is 0. The summed E-state index contributed by atoms with van der Waals surface area (Å²) in [5.41, 5.74) is 1.54. The quantitative estimate of drug-likeness (QED) is 0.615. The fraction of sp³-hybridized carbons (Fsp3) is 0.727. The summed E-state index contributed by atoms with van der Waals surface area (Å²) in [6, 6.07) is 3.56. The predicted molar refractivity (Wildman–Crippen MR) is 104 cm³/mol. The second-order valence-corrected chi connectivity index (χ2v) is 11.1. The van der Waals surface area contributed by atoms with Crippen LogP contribution >= 0.6 is 0 Å². The standard InChI is InChI=1S/C22H38O2/c1-19(2,3)13-21(7,8)15-11-18(24)16(12-17(15)23)22(9,10)14-20(4,5)6/h11-12,23-24H,13-14H2,1-10H3. The molecule has 2 nitrogen and oxygen atoms in total. The lowest BCUT2D eigenvalue weighted by Crippen LogP contribution is -2.27. The van der Waals surface area contributed by atoms with Gasteiger partial charge in [-0.3, -0.25) is 0 Å². The molecule has 0 saturated heterocycles. The van der Waals surface area contributed by atoms with E-state index in [2.05, 4.69) is 69.2 Å². The van der Waals surface area contributed by atoms with Gasteiger partial charge in [0.1, 0.15) is 11.5 Å². The minimum atomic E-state index is -0.202. The molecule has 2 N–H and O–H groups in total.